The lowest BCUT2D eigenvalue weighted by Gasteiger charge is -2.18. The summed E-state index contributed by atoms with van der Waals surface area (Å²) in [5, 5.41) is 6.06. The Morgan fingerprint density at radius 2 is 2.00 bits per heavy atom. The third-order valence-corrected chi connectivity index (χ3v) is 3.49. The molecule has 3 nitrogen and oxygen atoms in total. The van der Waals surface area contributed by atoms with Crippen LogP contribution in [-0.2, 0) is 11.0 Å². The van der Waals surface area contributed by atoms with Gasteiger partial charge in [-0.1, -0.05) is 12.1 Å². The molecule has 2 atom stereocenters. The highest BCUT2D eigenvalue weighted by Gasteiger charge is 2.30. The number of alkyl halides is 3. The van der Waals surface area contributed by atoms with Gasteiger partial charge in [-0.3, -0.25) is 4.79 Å². The number of carbonyl (C=O) groups is 1. The van der Waals surface area contributed by atoms with E-state index in [-0.39, 0.29) is 18.0 Å². The predicted octanol–water partition coefficient (Wildman–Crippen LogP) is 2.63. The van der Waals surface area contributed by atoms with Gasteiger partial charge in [0.05, 0.1) is 5.56 Å². The van der Waals surface area contributed by atoms with Crippen molar-refractivity contribution in [1.29, 1.82) is 0 Å². The van der Waals surface area contributed by atoms with E-state index in [0.717, 1.165) is 24.1 Å². The monoisotopic (exact) mass is 286 g/mol. The van der Waals surface area contributed by atoms with Crippen LogP contribution in [0, 0.1) is 0 Å². The Labute approximate surface area is 115 Å². The summed E-state index contributed by atoms with van der Waals surface area (Å²) in [7, 11) is 0. The molecule has 1 aliphatic rings. The Bertz CT molecular complexity index is 470. The van der Waals surface area contributed by atoms with Crippen molar-refractivity contribution in [2.45, 2.75) is 38.0 Å². The van der Waals surface area contributed by atoms with E-state index in [1.807, 2.05) is 6.92 Å². The average molecular weight is 286 g/mol. The molecule has 0 aromatic heterocycles. The molecular formula is C14H17F3N2O. The zero-order valence-corrected chi connectivity index (χ0v) is 11.1. The van der Waals surface area contributed by atoms with E-state index in [4.69, 9.17) is 0 Å². The van der Waals surface area contributed by atoms with Gasteiger partial charge in [0.15, 0.2) is 0 Å². The summed E-state index contributed by atoms with van der Waals surface area (Å²) in [6.07, 6.45) is -2.96. The molecule has 0 bridgehead atoms. The number of nitrogens with one attached hydrogen (secondary N) is 2. The van der Waals surface area contributed by atoms with Crippen LogP contribution in [0.3, 0.4) is 0 Å². The highest BCUT2D eigenvalue weighted by Crippen LogP contribution is 2.29. The average Bonchev–Trinajstić information content (AvgIpc) is 2.81. The van der Waals surface area contributed by atoms with Gasteiger partial charge in [0.25, 0.3) is 0 Å². The summed E-state index contributed by atoms with van der Waals surface area (Å²) in [6, 6.07) is 5.19. The first-order chi connectivity index (χ1) is 9.36. The lowest BCUT2D eigenvalue weighted by atomic mass is 10.1. The van der Waals surface area contributed by atoms with Gasteiger partial charge in [-0.25, -0.2) is 0 Å². The summed E-state index contributed by atoms with van der Waals surface area (Å²) in [5.41, 5.74) is 0.152. The minimum atomic E-state index is -4.30. The second kappa shape index (κ2) is 5.83. The largest absolute Gasteiger partial charge is 0.416 e. The number of hydrogen-bond acceptors (Lipinski definition) is 2. The molecule has 1 saturated heterocycles. The van der Waals surface area contributed by atoms with Crippen LogP contribution >= 0.6 is 0 Å². The fourth-order valence-corrected chi connectivity index (χ4v) is 2.23. The molecule has 6 heteroatoms. The summed E-state index contributed by atoms with van der Waals surface area (Å²) in [5.74, 6) is 0.0546. The highest BCUT2D eigenvalue weighted by atomic mass is 19.4. The molecule has 0 spiro atoms. The molecule has 20 heavy (non-hydrogen) atoms. The Morgan fingerprint density at radius 1 is 1.35 bits per heavy atom. The highest BCUT2D eigenvalue weighted by molar-refractivity contribution is 5.78. The standard InChI is InChI=1S/C14H17F3N2O/c1-9(18-8-12-6-7-13(20)19-12)10-2-4-11(5-3-10)14(15,16)17/h2-5,9,12,18H,6-8H2,1H3,(H,19,20). The topological polar surface area (TPSA) is 41.1 Å². The van der Waals surface area contributed by atoms with Gasteiger partial charge in [-0.2, -0.15) is 13.2 Å². The first-order valence-corrected chi connectivity index (χ1v) is 6.56. The van der Waals surface area contributed by atoms with Crippen molar-refractivity contribution in [3.63, 3.8) is 0 Å². The predicted molar refractivity (Wildman–Crippen MR) is 69.0 cm³/mol. The van der Waals surface area contributed by atoms with E-state index in [1.54, 1.807) is 0 Å². The maximum Gasteiger partial charge on any atom is 0.416 e. The van der Waals surface area contributed by atoms with Gasteiger partial charge in [0.1, 0.15) is 0 Å². The number of halogens is 3. The van der Waals surface area contributed by atoms with Crippen molar-refractivity contribution in [1.82, 2.24) is 10.6 Å². The van der Waals surface area contributed by atoms with Crippen molar-refractivity contribution in [2.75, 3.05) is 6.54 Å². The molecule has 1 amide bonds. The maximum absolute atomic E-state index is 12.5. The van der Waals surface area contributed by atoms with E-state index in [0.29, 0.717) is 13.0 Å². The van der Waals surface area contributed by atoms with Crippen LogP contribution in [-0.4, -0.2) is 18.5 Å². The van der Waals surface area contributed by atoms with Gasteiger partial charge in [0, 0.05) is 25.0 Å². The number of rotatable bonds is 4. The minimum Gasteiger partial charge on any atom is -0.352 e. The van der Waals surface area contributed by atoms with Crippen LogP contribution in [0.5, 0.6) is 0 Å². The van der Waals surface area contributed by atoms with Crippen LogP contribution in [0.4, 0.5) is 13.2 Å². The molecule has 0 aliphatic carbocycles. The van der Waals surface area contributed by atoms with Crippen molar-refractivity contribution in [2.24, 2.45) is 0 Å². The smallest absolute Gasteiger partial charge is 0.352 e. The van der Waals surface area contributed by atoms with E-state index < -0.39 is 11.7 Å². The molecule has 2 unspecified atom stereocenters. The van der Waals surface area contributed by atoms with Crippen LogP contribution in [0.15, 0.2) is 24.3 Å². The van der Waals surface area contributed by atoms with Gasteiger partial charge < -0.3 is 10.6 Å². The van der Waals surface area contributed by atoms with Crippen LogP contribution in [0.2, 0.25) is 0 Å². The van der Waals surface area contributed by atoms with Gasteiger partial charge in [0.2, 0.25) is 5.91 Å². The minimum absolute atomic E-state index is 0.0546. The third-order valence-electron chi connectivity index (χ3n) is 3.49. The summed E-state index contributed by atoms with van der Waals surface area (Å²) in [6.45, 7) is 2.51. The number of amides is 1. The maximum atomic E-state index is 12.5. The molecule has 1 aliphatic heterocycles. The molecule has 1 aromatic rings. The fourth-order valence-electron chi connectivity index (χ4n) is 2.23. The first-order valence-electron chi connectivity index (χ1n) is 6.56. The zero-order chi connectivity index (χ0) is 14.8. The van der Waals surface area contributed by atoms with Crippen molar-refractivity contribution < 1.29 is 18.0 Å². The van der Waals surface area contributed by atoms with Crippen molar-refractivity contribution in [3.05, 3.63) is 35.4 Å². The fraction of sp³-hybridized carbons (Fsp3) is 0.500. The Hall–Kier alpha value is -1.56. The van der Waals surface area contributed by atoms with E-state index >= 15 is 0 Å². The van der Waals surface area contributed by atoms with Crippen LogP contribution in [0.25, 0.3) is 0 Å². The molecule has 2 rings (SSSR count). The Morgan fingerprint density at radius 3 is 2.50 bits per heavy atom. The number of hydrogen-bond donors (Lipinski definition) is 2. The molecule has 110 valence electrons. The second-order valence-corrected chi connectivity index (χ2v) is 5.05. The Kier molecular flexibility index (Phi) is 4.32. The van der Waals surface area contributed by atoms with Crippen LogP contribution in [0.1, 0.15) is 36.9 Å². The number of benzene rings is 1. The molecule has 2 N–H and O–H groups in total. The summed E-state index contributed by atoms with van der Waals surface area (Å²) in [4.78, 5) is 11.1. The van der Waals surface area contributed by atoms with E-state index in [2.05, 4.69) is 10.6 Å². The van der Waals surface area contributed by atoms with Crippen molar-refractivity contribution >= 4 is 5.91 Å². The number of carbonyl (C=O) groups excluding carboxylic acids is 1. The zero-order valence-electron chi connectivity index (χ0n) is 11.1. The molecule has 1 aromatic carbocycles. The summed E-state index contributed by atoms with van der Waals surface area (Å²) < 4.78 is 37.4. The molecule has 1 fully saturated rings. The van der Waals surface area contributed by atoms with Gasteiger partial charge in [-0.05, 0) is 31.0 Å². The van der Waals surface area contributed by atoms with Gasteiger partial charge >= 0.3 is 6.18 Å². The SMILES string of the molecule is CC(NCC1CCC(=O)N1)c1ccc(C(F)(F)F)cc1. The van der Waals surface area contributed by atoms with E-state index in [1.165, 1.54) is 12.1 Å². The third kappa shape index (κ3) is 3.72. The van der Waals surface area contributed by atoms with Crippen LogP contribution < -0.4 is 10.6 Å². The molecule has 0 saturated carbocycles. The molecule has 0 radical (unpaired) electrons. The van der Waals surface area contributed by atoms with Gasteiger partial charge in [-0.15, -0.1) is 0 Å². The summed E-state index contributed by atoms with van der Waals surface area (Å²) >= 11 is 0. The lowest BCUT2D eigenvalue weighted by molar-refractivity contribution is -0.137. The quantitative estimate of drug-likeness (QED) is 0.893. The molecular weight excluding hydrogens is 269 g/mol. The Balaban J connectivity index is 1.89. The second-order valence-electron chi connectivity index (χ2n) is 5.05. The molecule has 1 heterocycles. The normalized spacial score (nSPS) is 20.8. The first kappa shape index (κ1) is 14.8. The van der Waals surface area contributed by atoms with E-state index in [9.17, 15) is 18.0 Å². The van der Waals surface area contributed by atoms with Crippen molar-refractivity contribution in [3.8, 4) is 0 Å². The lowest BCUT2D eigenvalue weighted by Crippen LogP contribution is -2.36.